The minimum absolute atomic E-state index is 0.0973. The first kappa shape index (κ1) is 14.5. The lowest BCUT2D eigenvalue weighted by Gasteiger charge is -2.06. The summed E-state index contributed by atoms with van der Waals surface area (Å²) in [7, 11) is -3.71. The summed E-state index contributed by atoms with van der Waals surface area (Å²) < 4.78 is 32.1. The molecule has 0 atom stereocenters. The van der Waals surface area contributed by atoms with E-state index in [2.05, 4.69) is 15.0 Å². The first-order valence-electron chi connectivity index (χ1n) is 6.26. The molecule has 2 aromatic heterocycles. The highest BCUT2D eigenvalue weighted by Gasteiger charge is 2.18. The van der Waals surface area contributed by atoms with Crippen molar-refractivity contribution in [2.45, 2.75) is 25.5 Å². The second-order valence-electron chi connectivity index (χ2n) is 4.29. The first-order valence-corrected chi connectivity index (χ1v) is 7.74. The summed E-state index contributed by atoms with van der Waals surface area (Å²) in [6.07, 6.45) is 1.55. The number of hydrogen-bond acceptors (Lipinski definition) is 5. The number of sulfonamides is 1. The Labute approximate surface area is 118 Å². The van der Waals surface area contributed by atoms with E-state index in [1.807, 2.05) is 6.92 Å². The highest BCUT2D eigenvalue weighted by Crippen LogP contribution is 2.18. The van der Waals surface area contributed by atoms with Crippen molar-refractivity contribution < 1.29 is 12.8 Å². The maximum absolute atomic E-state index is 12.2. The van der Waals surface area contributed by atoms with Crippen molar-refractivity contribution in [2.75, 3.05) is 11.3 Å². The molecule has 0 amide bonds. The van der Waals surface area contributed by atoms with Crippen LogP contribution in [0.2, 0.25) is 0 Å². The summed E-state index contributed by atoms with van der Waals surface area (Å²) in [5.41, 5.74) is 1.19. The molecule has 108 valence electrons. The first-order chi connectivity index (χ1) is 9.51. The maximum Gasteiger partial charge on any atom is 0.295 e. The number of aromatic nitrogens is 1. The average molecular weight is 295 g/mol. The molecule has 20 heavy (non-hydrogen) atoms. The highest BCUT2D eigenvalue weighted by molar-refractivity contribution is 7.92. The quantitative estimate of drug-likeness (QED) is 0.850. The van der Waals surface area contributed by atoms with Crippen LogP contribution in [0.1, 0.15) is 18.4 Å². The zero-order chi connectivity index (χ0) is 14.6. The number of aryl methyl sites for hydroxylation is 1. The molecular weight excluding hydrogens is 278 g/mol. The van der Waals surface area contributed by atoms with Gasteiger partial charge in [0, 0.05) is 11.9 Å². The number of furan rings is 1. The van der Waals surface area contributed by atoms with E-state index in [0.29, 0.717) is 18.0 Å². The van der Waals surface area contributed by atoms with Gasteiger partial charge in [-0.2, -0.15) is 8.42 Å². The third kappa shape index (κ3) is 3.58. The highest BCUT2D eigenvalue weighted by atomic mass is 32.2. The Hall–Kier alpha value is -1.86. The van der Waals surface area contributed by atoms with E-state index in [1.54, 1.807) is 31.3 Å². The van der Waals surface area contributed by atoms with Crippen molar-refractivity contribution in [3.63, 3.8) is 0 Å². The van der Waals surface area contributed by atoms with Crippen LogP contribution < -0.4 is 10.0 Å². The van der Waals surface area contributed by atoms with E-state index in [1.165, 1.54) is 6.07 Å². The molecule has 0 saturated heterocycles. The smallest absolute Gasteiger partial charge is 0.295 e. The van der Waals surface area contributed by atoms with Crippen molar-refractivity contribution >= 4 is 15.7 Å². The Morgan fingerprint density at radius 2 is 2.10 bits per heavy atom. The normalized spacial score (nSPS) is 11.5. The molecule has 7 heteroatoms. The SMILES string of the molecule is CCNCc1ccc(S(=O)(=O)Nc2ccnc(C)c2)o1. The molecule has 0 aromatic carbocycles. The largest absolute Gasteiger partial charge is 0.446 e. The van der Waals surface area contributed by atoms with E-state index in [0.717, 1.165) is 12.2 Å². The third-order valence-corrected chi connectivity index (χ3v) is 3.85. The Balaban J connectivity index is 2.16. The fourth-order valence-corrected chi connectivity index (χ4v) is 2.66. The van der Waals surface area contributed by atoms with E-state index < -0.39 is 10.0 Å². The monoisotopic (exact) mass is 295 g/mol. The molecule has 6 nitrogen and oxygen atoms in total. The van der Waals surface area contributed by atoms with Crippen LogP contribution in [0.25, 0.3) is 0 Å². The van der Waals surface area contributed by atoms with Crippen molar-refractivity contribution in [1.29, 1.82) is 0 Å². The van der Waals surface area contributed by atoms with Gasteiger partial charge in [0.05, 0.1) is 12.2 Å². The Morgan fingerprint density at radius 1 is 1.30 bits per heavy atom. The van der Waals surface area contributed by atoms with Gasteiger partial charge in [0.1, 0.15) is 5.76 Å². The number of anilines is 1. The zero-order valence-corrected chi connectivity index (χ0v) is 12.2. The van der Waals surface area contributed by atoms with Gasteiger partial charge >= 0.3 is 0 Å². The van der Waals surface area contributed by atoms with Crippen LogP contribution in [-0.4, -0.2) is 19.9 Å². The van der Waals surface area contributed by atoms with Crippen LogP contribution in [0.5, 0.6) is 0 Å². The molecule has 0 radical (unpaired) electrons. The van der Waals surface area contributed by atoms with Gasteiger partial charge in [-0.05, 0) is 37.7 Å². The van der Waals surface area contributed by atoms with Crippen LogP contribution in [0.4, 0.5) is 5.69 Å². The zero-order valence-electron chi connectivity index (χ0n) is 11.4. The molecule has 0 bridgehead atoms. The molecule has 0 saturated carbocycles. The Kier molecular flexibility index (Phi) is 4.41. The maximum atomic E-state index is 12.2. The van der Waals surface area contributed by atoms with E-state index >= 15 is 0 Å². The van der Waals surface area contributed by atoms with Gasteiger partial charge in [-0.3, -0.25) is 9.71 Å². The topological polar surface area (TPSA) is 84.2 Å². The summed E-state index contributed by atoms with van der Waals surface area (Å²) in [5, 5.41) is 2.97. The van der Waals surface area contributed by atoms with Crippen LogP contribution in [0.15, 0.2) is 40.0 Å². The second kappa shape index (κ2) is 6.06. The number of hydrogen-bond donors (Lipinski definition) is 2. The van der Waals surface area contributed by atoms with Crippen LogP contribution in [0.3, 0.4) is 0 Å². The molecule has 2 heterocycles. The van der Waals surface area contributed by atoms with Crippen molar-refractivity contribution in [1.82, 2.24) is 10.3 Å². The van der Waals surface area contributed by atoms with Crippen molar-refractivity contribution in [3.05, 3.63) is 41.9 Å². The lowest BCUT2D eigenvalue weighted by Crippen LogP contribution is -2.13. The summed E-state index contributed by atoms with van der Waals surface area (Å²) in [4.78, 5) is 4.01. The fourth-order valence-electron chi connectivity index (χ4n) is 1.66. The predicted octanol–water partition coefficient (Wildman–Crippen LogP) is 1.89. The molecule has 0 aliphatic heterocycles. The second-order valence-corrected chi connectivity index (χ2v) is 5.91. The number of nitrogens with zero attached hydrogens (tertiary/aromatic N) is 1. The summed E-state index contributed by atoms with van der Waals surface area (Å²) in [5.74, 6) is 0.582. The van der Waals surface area contributed by atoms with Crippen LogP contribution in [0, 0.1) is 6.92 Å². The summed E-state index contributed by atoms with van der Waals surface area (Å²) in [6, 6.07) is 6.34. The van der Waals surface area contributed by atoms with Gasteiger partial charge in [0.25, 0.3) is 10.0 Å². The molecule has 2 aromatic rings. The summed E-state index contributed by atoms with van der Waals surface area (Å²) in [6.45, 7) is 5.05. The molecule has 2 rings (SSSR count). The van der Waals surface area contributed by atoms with Gasteiger partial charge in [-0.25, -0.2) is 0 Å². The van der Waals surface area contributed by atoms with Crippen LogP contribution in [-0.2, 0) is 16.6 Å². The lowest BCUT2D eigenvalue weighted by atomic mass is 10.3. The van der Waals surface area contributed by atoms with Gasteiger partial charge in [-0.15, -0.1) is 0 Å². The lowest BCUT2D eigenvalue weighted by molar-refractivity contribution is 0.405. The molecule has 0 fully saturated rings. The minimum Gasteiger partial charge on any atom is -0.446 e. The van der Waals surface area contributed by atoms with E-state index in [-0.39, 0.29) is 5.09 Å². The van der Waals surface area contributed by atoms with Crippen LogP contribution >= 0.6 is 0 Å². The Morgan fingerprint density at radius 3 is 2.80 bits per heavy atom. The summed E-state index contributed by atoms with van der Waals surface area (Å²) >= 11 is 0. The van der Waals surface area contributed by atoms with Gasteiger partial charge in [-0.1, -0.05) is 6.92 Å². The Bertz CT molecular complexity index is 680. The van der Waals surface area contributed by atoms with Gasteiger partial charge < -0.3 is 9.73 Å². The predicted molar refractivity (Wildman–Crippen MR) is 75.9 cm³/mol. The average Bonchev–Trinajstić information content (AvgIpc) is 2.85. The van der Waals surface area contributed by atoms with Crippen molar-refractivity contribution in [3.8, 4) is 0 Å². The number of rotatable bonds is 6. The van der Waals surface area contributed by atoms with Gasteiger partial charge in [0.2, 0.25) is 5.09 Å². The molecule has 0 unspecified atom stereocenters. The number of nitrogens with one attached hydrogen (secondary N) is 2. The minimum atomic E-state index is -3.71. The van der Waals surface area contributed by atoms with E-state index in [4.69, 9.17) is 4.42 Å². The molecule has 0 aliphatic carbocycles. The standard InChI is InChI=1S/C13H17N3O3S/c1-3-14-9-12-4-5-13(19-12)20(17,18)16-11-6-7-15-10(2)8-11/h4-8,14H,3,9H2,1-2H3,(H,15,16). The molecule has 0 aliphatic rings. The molecular formula is C13H17N3O3S. The van der Waals surface area contributed by atoms with E-state index in [9.17, 15) is 8.42 Å². The van der Waals surface area contributed by atoms with Gasteiger partial charge in [0.15, 0.2) is 0 Å². The number of pyridine rings is 1. The molecule has 2 N–H and O–H groups in total. The third-order valence-electron chi connectivity index (χ3n) is 2.60. The molecule has 0 spiro atoms. The fraction of sp³-hybridized carbons (Fsp3) is 0.308. The van der Waals surface area contributed by atoms with Crippen molar-refractivity contribution in [2.24, 2.45) is 0 Å².